The summed E-state index contributed by atoms with van der Waals surface area (Å²) in [6, 6.07) is 5.32. The molecule has 1 fully saturated rings. The van der Waals surface area contributed by atoms with E-state index in [-0.39, 0.29) is 0 Å². The SMILES string of the molecule is Cc1cccc(C(=O)O)c1NCCN1CCOCC1. The molecule has 1 heterocycles. The van der Waals surface area contributed by atoms with Gasteiger partial charge < -0.3 is 15.2 Å². The molecular weight excluding hydrogens is 244 g/mol. The summed E-state index contributed by atoms with van der Waals surface area (Å²) < 4.78 is 5.29. The summed E-state index contributed by atoms with van der Waals surface area (Å²) in [6.45, 7) is 7.02. The van der Waals surface area contributed by atoms with Crippen LogP contribution in [0.15, 0.2) is 18.2 Å². The molecule has 1 aliphatic rings. The van der Waals surface area contributed by atoms with Gasteiger partial charge in [-0.15, -0.1) is 0 Å². The van der Waals surface area contributed by atoms with Crippen molar-refractivity contribution >= 4 is 11.7 Å². The van der Waals surface area contributed by atoms with Gasteiger partial charge in [-0.05, 0) is 18.6 Å². The molecule has 0 amide bonds. The molecule has 0 spiro atoms. The summed E-state index contributed by atoms with van der Waals surface area (Å²) in [5.74, 6) is -0.891. The Morgan fingerprint density at radius 2 is 2.16 bits per heavy atom. The van der Waals surface area contributed by atoms with Gasteiger partial charge in [-0.3, -0.25) is 4.90 Å². The number of morpholine rings is 1. The quantitative estimate of drug-likeness (QED) is 0.842. The van der Waals surface area contributed by atoms with Gasteiger partial charge in [-0.2, -0.15) is 0 Å². The highest BCUT2D eigenvalue weighted by Gasteiger charge is 2.13. The van der Waals surface area contributed by atoms with Crippen LogP contribution in [-0.2, 0) is 4.74 Å². The van der Waals surface area contributed by atoms with Crippen LogP contribution < -0.4 is 5.32 Å². The summed E-state index contributed by atoms with van der Waals surface area (Å²) in [4.78, 5) is 13.5. The van der Waals surface area contributed by atoms with Crippen LogP contribution in [0.1, 0.15) is 15.9 Å². The second kappa shape index (κ2) is 6.54. The Bertz CT molecular complexity index is 442. The second-order valence-electron chi connectivity index (χ2n) is 4.68. The van der Waals surface area contributed by atoms with Crippen LogP contribution in [-0.4, -0.2) is 55.4 Å². The van der Waals surface area contributed by atoms with Gasteiger partial charge >= 0.3 is 5.97 Å². The predicted octanol–water partition coefficient (Wildman–Crippen LogP) is 1.44. The summed E-state index contributed by atoms with van der Waals surface area (Å²) >= 11 is 0. The first-order valence-electron chi connectivity index (χ1n) is 6.55. The number of para-hydroxylation sites is 1. The Balaban J connectivity index is 1.93. The number of anilines is 1. The zero-order chi connectivity index (χ0) is 13.7. The Kier molecular flexibility index (Phi) is 4.76. The van der Waals surface area contributed by atoms with Crippen molar-refractivity contribution in [3.63, 3.8) is 0 Å². The van der Waals surface area contributed by atoms with Crippen LogP contribution in [0.2, 0.25) is 0 Å². The van der Waals surface area contributed by atoms with Crippen molar-refractivity contribution in [2.24, 2.45) is 0 Å². The zero-order valence-corrected chi connectivity index (χ0v) is 11.2. The molecule has 0 bridgehead atoms. The number of carboxylic acids is 1. The molecule has 1 aromatic rings. The van der Waals surface area contributed by atoms with Gasteiger partial charge in [0.05, 0.1) is 24.5 Å². The number of benzene rings is 1. The molecular formula is C14H20N2O3. The van der Waals surface area contributed by atoms with Gasteiger partial charge in [0.25, 0.3) is 0 Å². The molecule has 5 nitrogen and oxygen atoms in total. The maximum Gasteiger partial charge on any atom is 0.337 e. The van der Waals surface area contributed by atoms with Crippen molar-refractivity contribution in [1.82, 2.24) is 4.90 Å². The van der Waals surface area contributed by atoms with E-state index in [4.69, 9.17) is 4.74 Å². The van der Waals surface area contributed by atoms with Gasteiger partial charge in [0.2, 0.25) is 0 Å². The molecule has 0 radical (unpaired) electrons. The van der Waals surface area contributed by atoms with E-state index < -0.39 is 5.97 Å². The molecule has 0 unspecified atom stereocenters. The highest BCUT2D eigenvalue weighted by molar-refractivity contribution is 5.95. The fourth-order valence-electron chi connectivity index (χ4n) is 2.24. The molecule has 104 valence electrons. The minimum atomic E-state index is -0.891. The predicted molar refractivity (Wildman–Crippen MR) is 73.9 cm³/mol. The number of nitrogens with zero attached hydrogens (tertiary/aromatic N) is 1. The van der Waals surface area contributed by atoms with Crippen LogP contribution in [0.25, 0.3) is 0 Å². The molecule has 1 aromatic carbocycles. The Morgan fingerprint density at radius 1 is 1.42 bits per heavy atom. The first-order chi connectivity index (χ1) is 9.18. The Morgan fingerprint density at radius 3 is 2.84 bits per heavy atom. The third-order valence-corrected chi connectivity index (χ3v) is 3.34. The normalized spacial score (nSPS) is 16.3. The van der Waals surface area contributed by atoms with Gasteiger partial charge in [-0.25, -0.2) is 4.79 Å². The maximum absolute atomic E-state index is 11.2. The van der Waals surface area contributed by atoms with Crippen LogP contribution in [0, 0.1) is 6.92 Å². The van der Waals surface area contributed by atoms with Crippen LogP contribution in [0.5, 0.6) is 0 Å². The number of carbonyl (C=O) groups is 1. The Labute approximate surface area is 113 Å². The molecule has 0 aliphatic carbocycles. The average Bonchev–Trinajstić information content (AvgIpc) is 2.41. The second-order valence-corrected chi connectivity index (χ2v) is 4.68. The standard InChI is InChI=1S/C14H20N2O3/c1-11-3-2-4-12(14(17)18)13(11)15-5-6-16-7-9-19-10-8-16/h2-4,15H,5-10H2,1H3,(H,17,18). The molecule has 2 N–H and O–H groups in total. The summed E-state index contributed by atoms with van der Waals surface area (Å²) in [5.41, 5.74) is 2.02. The highest BCUT2D eigenvalue weighted by Crippen LogP contribution is 2.20. The van der Waals surface area contributed by atoms with Gasteiger partial charge in [0, 0.05) is 26.2 Å². The number of aryl methyl sites for hydroxylation is 1. The molecule has 19 heavy (non-hydrogen) atoms. The van der Waals surface area contributed by atoms with E-state index >= 15 is 0 Å². The van der Waals surface area contributed by atoms with Crippen molar-refractivity contribution in [3.05, 3.63) is 29.3 Å². The summed E-state index contributed by atoms with van der Waals surface area (Å²) in [6.07, 6.45) is 0. The topological polar surface area (TPSA) is 61.8 Å². The van der Waals surface area contributed by atoms with Crippen LogP contribution in [0.4, 0.5) is 5.69 Å². The number of rotatable bonds is 5. The van der Waals surface area contributed by atoms with E-state index in [1.807, 2.05) is 13.0 Å². The summed E-state index contributed by atoms with van der Waals surface area (Å²) in [7, 11) is 0. The Hall–Kier alpha value is -1.59. The van der Waals surface area contributed by atoms with Crippen molar-refractivity contribution in [3.8, 4) is 0 Å². The van der Waals surface area contributed by atoms with E-state index in [0.29, 0.717) is 5.56 Å². The third kappa shape index (κ3) is 3.68. The van der Waals surface area contributed by atoms with E-state index in [2.05, 4.69) is 10.2 Å². The lowest BCUT2D eigenvalue weighted by Gasteiger charge is -2.27. The average molecular weight is 264 g/mol. The van der Waals surface area contributed by atoms with Gasteiger partial charge in [0.1, 0.15) is 0 Å². The monoisotopic (exact) mass is 264 g/mol. The highest BCUT2D eigenvalue weighted by atomic mass is 16.5. The van der Waals surface area contributed by atoms with Crippen molar-refractivity contribution in [2.75, 3.05) is 44.7 Å². The molecule has 5 heteroatoms. The van der Waals surface area contributed by atoms with E-state index in [1.54, 1.807) is 12.1 Å². The number of aromatic carboxylic acids is 1. The third-order valence-electron chi connectivity index (χ3n) is 3.34. The minimum Gasteiger partial charge on any atom is -0.478 e. The number of ether oxygens (including phenoxy) is 1. The minimum absolute atomic E-state index is 0.335. The zero-order valence-electron chi connectivity index (χ0n) is 11.2. The van der Waals surface area contributed by atoms with E-state index in [9.17, 15) is 9.90 Å². The molecule has 2 rings (SSSR count). The van der Waals surface area contributed by atoms with Gasteiger partial charge in [-0.1, -0.05) is 12.1 Å². The molecule has 0 saturated carbocycles. The lowest BCUT2D eigenvalue weighted by Crippen LogP contribution is -2.39. The van der Waals surface area contributed by atoms with Crippen molar-refractivity contribution in [1.29, 1.82) is 0 Å². The van der Waals surface area contributed by atoms with E-state index in [0.717, 1.165) is 50.6 Å². The molecule has 1 saturated heterocycles. The first kappa shape index (κ1) is 13.8. The lowest BCUT2D eigenvalue weighted by molar-refractivity contribution is 0.0398. The first-order valence-corrected chi connectivity index (χ1v) is 6.55. The summed E-state index contributed by atoms with van der Waals surface area (Å²) in [5, 5.41) is 12.4. The van der Waals surface area contributed by atoms with Crippen LogP contribution in [0.3, 0.4) is 0 Å². The van der Waals surface area contributed by atoms with Crippen molar-refractivity contribution in [2.45, 2.75) is 6.92 Å². The lowest BCUT2D eigenvalue weighted by atomic mass is 10.1. The van der Waals surface area contributed by atoms with Crippen LogP contribution >= 0.6 is 0 Å². The fourth-order valence-corrected chi connectivity index (χ4v) is 2.24. The number of nitrogens with one attached hydrogen (secondary N) is 1. The van der Waals surface area contributed by atoms with Crippen molar-refractivity contribution < 1.29 is 14.6 Å². The largest absolute Gasteiger partial charge is 0.478 e. The number of hydrogen-bond donors (Lipinski definition) is 2. The maximum atomic E-state index is 11.2. The smallest absolute Gasteiger partial charge is 0.337 e. The fraction of sp³-hybridized carbons (Fsp3) is 0.500. The molecule has 0 atom stereocenters. The molecule has 1 aliphatic heterocycles. The number of carboxylic acid groups (broad SMARTS) is 1. The number of hydrogen-bond acceptors (Lipinski definition) is 4. The molecule has 0 aromatic heterocycles. The van der Waals surface area contributed by atoms with E-state index in [1.165, 1.54) is 0 Å². The van der Waals surface area contributed by atoms with Gasteiger partial charge in [0.15, 0.2) is 0 Å².